The minimum atomic E-state index is -0.509. The number of carbonyl (C=O) groups is 1. The van der Waals surface area contributed by atoms with Gasteiger partial charge < -0.3 is 9.30 Å². The molecule has 0 aliphatic heterocycles. The van der Waals surface area contributed by atoms with Gasteiger partial charge in [0.2, 0.25) is 0 Å². The molecule has 0 spiro atoms. The lowest BCUT2D eigenvalue weighted by atomic mass is 10.1. The van der Waals surface area contributed by atoms with E-state index >= 15 is 0 Å². The van der Waals surface area contributed by atoms with Crippen LogP contribution in [0, 0.1) is 5.82 Å². The summed E-state index contributed by atoms with van der Waals surface area (Å²) in [6.45, 7) is 0. The standard InChI is InChI=1S/C18H16FN3O2S/c1-22-17(12-7-9-13(24-2)10-8-12)20-21-18(22)25-11-16(23)14-5-3-4-6-15(14)19/h3-10H,11H2,1-2H3. The molecule has 2 aromatic carbocycles. The maximum atomic E-state index is 13.7. The zero-order valence-corrected chi connectivity index (χ0v) is 14.6. The second kappa shape index (κ2) is 7.48. The monoisotopic (exact) mass is 357 g/mol. The Bertz CT molecular complexity index is 894. The van der Waals surface area contributed by atoms with E-state index in [-0.39, 0.29) is 17.1 Å². The summed E-state index contributed by atoms with van der Waals surface area (Å²) in [5, 5.41) is 8.89. The summed E-state index contributed by atoms with van der Waals surface area (Å²) in [5.41, 5.74) is 0.982. The molecule has 3 rings (SSSR count). The van der Waals surface area contributed by atoms with Crippen LogP contribution in [0.2, 0.25) is 0 Å². The number of thioether (sulfide) groups is 1. The minimum absolute atomic E-state index is 0.0903. The van der Waals surface area contributed by atoms with Crippen LogP contribution in [-0.4, -0.2) is 33.4 Å². The lowest BCUT2D eigenvalue weighted by molar-refractivity contribution is 0.101. The predicted octanol–water partition coefficient (Wildman–Crippen LogP) is 3.60. The first-order valence-electron chi connectivity index (χ1n) is 7.54. The molecule has 0 unspecified atom stereocenters. The molecule has 0 saturated carbocycles. The van der Waals surface area contributed by atoms with Gasteiger partial charge >= 0.3 is 0 Å². The molecule has 0 radical (unpaired) electrons. The quantitative estimate of drug-likeness (QED) is 0.498. The van der Waals surface area contributed by atoms with Gasteiger partial charge in [-0.25, -0.2) is 4.39 Å². The number of hydrogen-bond donors (Lipinski definition) is 0. The number of nitrogens with zero attached hydrogens (tertiary/aromatic N) is 3. The molecule has 0 aliphatic rings. The van der Waals surface area contributed by atoms with Crippen molar-refractivity contribution in [1.29, 1.82) is 0 Å². The molecule has 1 heterocycles. The highest BCUT2D eigenvalue weighted by Gasteiger charge is 2.15. The van der Waals surface area contributed by atoms with E-state index in [9.17, 15) is 9.18 Å². The van der Waals surface area contributed by atoms with E-state index in [1.54, 1.807) is 23.8 Å². The van der Waals surface area contributed by atoms with Crippen LogP contribution < -0.4 is 4.74 Å². The zero-order chi connectivity index (χ0) is 17.8. The van der Waals surface area contributed by atoms with Crippen molar-refractivity contribution in [2.75, 3.05) is 12.9 Å². The Balaban J connectivity index is 1.73. The van der Waals surface area contributed by atoms with Crippen molar-refractivity contribution in [2.24, 2.45) is 7.05 Å². The molecular weight excluding hydrogens is 341 g/mol. The molecule has 0 atom stereocenters. The number of aromatic nitrogens is 3. The van der Waals surface area contributed by atoms with Crippen LogP contribution in [0.3, 0.4) is 0 Å². The summed E-state index contributed by atoms with van der Waals surface area (Å²) in [6.07, 6.45) is 0. The van der Waals surface area contributed by atoms with E-state index in [1.807, 2.05) is 31.3 Å². The van der Waals surface area contributed by atoms with E-state index in [0.717, 1.165) is 11.3 Å². The number of halogens is 1. The van der Waals surface area contributed by atoms with Crippen molar-refractivity contribution in [3.63, 3.8) is 0 Å². The number of ether oxygens (including phenoxy) is 1. The third-order valence-electron chi connectivity index (χ3n) is 3.69. The molecule has 3 aromatic rings. The van der Waals surface area contributed by atoms with E-state index in [1.165, 1.54) is 23.9 Å². The van der Waals surface area contributed by atoms with Crippen molar-refractivity contribution in [3.8, 4) is 17.1 Å². The van der Waals surface area contributed by atoms with Crippen LogP contribution in [0.5, 0.6) is 5.75 Å². The van der Waals surface area contributed by atoms with E-state index < -0.39 is 5.82 Å². The average molecular weight is 357 g/mol. The molecule has 1 aromatic heterocycles. The molecule has 0 fully saturated rings. The molecule has 7 heteroatoms. The Hall–Kier alpha value is -2.67. The summed E-state index contributed by atoms with van der Waals surface area (Å²) in [6, 6.07) is 13.4. The first kappa shape index (κ1) is 17.2. The number of Topliss-reactive ketones (excluding diaryl/α,β-unsaturated/α-hetero) is 1. The number of benzene rings is 2. The van der Waals surface area contributed by atoms with Gasteiger partial charge in [0.05, 0.1) is 18.4 Å². The lowest BCUT2D eigenvalue weighted by Gasteiger charge is -2.05. The smallest absolute Gasteiger partial charge is 0.191 e. The Kier molecular flexibility index (Phi) is 5.14. The van der Waals surface area contributed by atoms with Crippen LogP contribution in [-0.2, 0) is 7.05 Å². The van der Waals surface area contributed by atoms with Gasteiger partial charge in [-0.2, -0.15) is 0 Å². The summed E-state index contributed by atoms with van der Waals surface area (Å²) in [4.78, 5) is 12.2. The maximum Gasteiger partial charge on any atom is 0.191 e. The third-order valence-corrected chi connectivity index (χ3v) is 4.71. The highest BCUT2D eigenvalue weighted by Crippen LogP contribution is 2.25. The van der Waals surface area contributed by atoms with Gasteiger partial charge in [0.15, 0.2) is 16.8 Å². The number of ketones is 1. The Morgan fingerprint density at radius 1 is 1.16 bits per heavy atom. The summed E-state index contributed by atoms with van der Waals surface area (Å²) in [7, 11) is 3.44. The highest BCUT2D eigenvalue weighted by atomic mass is 32.2. The first-order valence-corrected chi connectivity index (χ1v) is 8.53. The molecule has 128 valence electrons. The van der Waals surface area contributed by atoms with E-state index in [4.69, 9.17) is 4.74 Å². The fourth-order valence-electron chi connectivity index (χ4n) is 2.33. The molecule has 0 N–H and O–H groups in total. The summed E-state index contributed by atoms with van der Waals surface area (Å²) < 4.78 is 20.6. The minimum Gasteiger partial charge on any atom is -0.497 e. The van der Waals surface area contributed by atoms with Crippen molar-refractivity contribution in [2.45, 2.75) is 5.16 Å². The number of methoxy groups -OCH3 is 1. The second-order valence-electron chi connectivity index (χ2n) is 5.29. The van der Waals surface area contributed by atoms with Crippen LogP contribution in [0.1, 0.15) is 10.4 Å². The predicted molar refractivity (Wildman–Crippen MR) is 94.4 cm³/mol. The van der Waals surface area contributed by atoms with E-state index in [0.29, 0.717) is 11.0 Å². The normalized spacial score (nSPS) is 10.7. The molecule has 5 nitrogen and oxygen atoms in total. The van der Waals surface area contributed by atoms with Gasteiger partial charge in [0, 0.05) is 12.6 Å². The number of rotatable bonds is 6. The van der Waals surface area contributed by atoms with Crippen molar-refractivity contribution in [3.05, 3.63) is 59.9 Å². The average Bonchev–Trinajstić information content (AvgIpc) is 3.01. The fraction of sp³-hybridized carbons (Fsp3) is 0.167. The topological polar surface area (TPSA) is 57.0 Å². The molecule has 25 heavy (non-hydrogen) atoms. The van der Waals surface area contributed by atoms with Gasteiger partial charge in [0.1, 0.15) is 11.6 Å². The Labute approximate surface area is 148 Å². The number of hydrogen-bond acceptors (Lipinski definition) is 5. The lowest BCUT2D eigenvalue weighted by Crippen LogP contribution is -2.06. The summed E-state index contributed by atoms with van der Waals surface area (Å²) in [5.74, 6) is 0.747. The maximum absolute atomic E-state index is 13.7. The van der Waals surface area contributed by atoms with Crippen LogP contribution in [0.15, 0.2) is 53.7 Å². The van der Waals surface area contributed by atoms with Gasteiger partial charge in [-0.05, 0) is 36.4 Å². The zero-order valence-electron chi connectivity index (χ0n) is 13.8. The highest BCUT2D eigenvalue weighted by molar-refractivity contribution is 7.99. The van der Waals surface area contributed by atoms with Gasteiger partial charge in [-0.1, -0.05) is 23.9 Å². The SMILES string of the molecule is COc1ccc(-c2nnc(SCC(=O)c3ccccc3F)n2C)cc1. The van der Waals surface area contributed by atoms with Gasteiger partial charge in [-0.15, -0.1) is 10.2 Å². The van der Waals surface area contributed by atoms with Crippen LogP contribution >= 0.6 is 11.8 Å². The molecule has 0 aliphatic carbocycles. The molecule has 0 bridgehead atoms. The fourth-order valence-corrected chi connectivity index (χ4v) is 3.12. The van der Waals surface area contributed by atoms with Crippen molar-refractivity contribution < 1.29 is 13.9 Å². The van der Waals surface area contributed by atoms with Gasteiger partial charge in [0.25, 0.3) is 0 Å². The largest absolute Gasteiger partial charge is 0.497 e. The van der Waals surface area contributed by atoms with Crippen molar-refractivity contribution >= 4 is 17.5 Å². The Morgan fingerprint density at radius 2 is 1.88 bits per heavy atom. The van der Waals surface area contributed by atoms with Crippen LogP contribution in [0.4, 0.5) is 4.39 Å². The van der Waals surface area contributed by atoms with Crippen LogP contribution in [0.25, 0.3) is 11.4 Å². The number of carbonyl (C=O) groups excluding carboxylic acids is 1. The molecule has 0 saturated heterocycles. The molecular formula is C18H16FN3O2S. The third kappa shape index (κ3) is 3.71. The van der Waals surface area contributed by atoms with Gasteiger partial charge in [-0.3, -0.25) is 4.79 Å². The first-order chi connectivity index (χ1) is 12.1. The Morgan fingerprint density at radius 3 is 2.56 bits per heavy atom. The van der Waals surface area contributed by atoms with E-state index in [2.05, 4.69) is 10.2 Å². The molecule has 0 amide bonds. The van der Waals surface area contributed by atoms with Crippen molar-refractivity contribution in [1.82, 2.24) is 14.8 Å². The second-order valence-corrected chi connectivity index (χ2v) is 6.23. The summed E-state index contributed by atoms with van der Waals surface area (Å²) >= 11 is 1.23.